The summed E-state index contributed by atoms with van der Waals surface area (Å²) in [6.45, 7) is 5.69. The lowest BCUT2D eigenvalue weighted by atomic mass is 9.70. The molecule has 0 aromatic carbocycles. The molecular formula is C15H28O3. The third-order valence-corrected chi connectivity index (χ3v) is 4.59. The predicted molar refractivity (Wildman–Crippen MR) is 71.4 cm³/mol. The van der Waals surface area contributed by atoms with Gasteiger partial charge in [0.25, 0.3) is 0 Å². The maximum Gasteiger partial charge on any atom is 0.158 e. The van der Waals surface area contributed by atoms with Gasteiger partial charge in [-0.3, -0.25) is 0 Å². The summed E-state index contributed by atoms with van der Waals surface area (Å²) in [5.74, 6) is 0. The molecule has 1 heterocycles. The van der Waals surface area contributed by atoms with E-state index in [-0.39, 0.29) is 18.5 Å². The van der Waals surface area contributed by atoms with Crippen molar-refractivity contribution in [3.8, 4) is 0 Å². The van der Waals surface area contributed by atoms with Crippen molar-refractivity contribution in [1.29, 1.82) is 0 Å². The van der Waals surface area contributed by atoms with Gasteiger partial charge in [0.15, 0.2) is 6.29 Å². The van der Waals surface area contributed by atoms with Gasteiger partial charge in [-0.05, 0) is 50.4 Å². The Bertz CT molecular complexity index is 252. The number of aliphatic hydroxyl groups is 1. The molecule has 1 aliphatic carbocycles. The summed E-state index contributed by atoms with van der Waals surface area (Å²) in [6, 6.07) is 0. The highest BCUT2D eigenvalue weighted by Gasteiger charge is 2.44. The molecule has 106 valence electrons. The Morgan fingerprint density at radius 1 is 1.11 bits per heavy atom. The van der Waals surface area contributed by atoms with Crippen molar-refractivity contribution in [1.82, 2.24) is 0 Å². The van der Waals surface area contributed by atoms with E-state index < -0.39 is 0 Å². The Morgan fingerprint density at radius 3 is 2.50 bits per heavy atom. The molecule has 1 unspecified atom stereocenters. The molecule has 18 heavy (non-hydrogen) atoms. The topological polar surface area (TPSA) is 38.7 Å². The van der Waals surface area contributed by atoms with Crippen LogP contribution in [-0.4, -0.2) is 30.2 Å². The molecule has 0 bridgehead atoms. The average molecular weight is 256 g/mol. The van der Waals surface area contributed by atoms with Crippen LogP contribution in [0, 0.1) is 5.41 Å². The van der Waals surface area contributed by atoms with Gasteiger partial charge in [0, 0.05) is 19.6 Å². The van der Waals surface area contributed by atoms with Gasteiger partial charge in [0.05, 0.1) is 5.60 Å². The number of hydrogen-bond acceptors (Lipinski definition) is 3. The summed E-state index contributed by atoms with van der Waals surface area (Å²) in [5.41, 5.74) is 0.617. The van der Waals surface area contributed by atoms with Crippen molar-refractivity contribution in [2.75, 3.05) is 13.2 Å². The third kappa shape index (κ3) is 3.69. The van der Waals surface area contributed by atoms with E-state index in [1.54, 1.807) is 0 Å². The molecule has 1 atom stereocenters. The van der Waals surface area contributed by atoms with Gasteiger partial charge in [0.1, 0.15) is 0 Å². The van der Waals surface area contributed by atoms with Gasteiger partial charge in [-0.15, -0.1) is 0 Å². The van der Waals surface area contributed by atoms with Crippen LogP contribution >= 0.6 is 0 Å². The zero-order valence-corrected chi connectivity index (χ0v) is 11.9. The van der Waals surface area contributed by atoms with Crippen molar-refractivity contribution in [3.63, 3.8) is 0 Å². The smallest absolute Gasteiger partial charge is 0.158 e. The summed E-state index contributed by atoms with van der Waals surface area (Å²) < 4.78 is 11.9. The quantitative estimate of drug-likeness (QED) is 0.767. The van der Waals surface area contributed by atoms with Crippen LogP contribution in [0.3, 0.4) is 0 Å². The molecule has 3 heteroatoms. The Hall–Kier alpha value is -0.120. The van der Waals surface area contributed by atoms with Crippen LogP contribution in [-0.2, 0) is 9.47 Å². The van der Waals surface area contributed by atoms with E-state index in [4.69, 9.17) is 14.6 Å². The fourth-order valence-corrected chi connectivity index (χ4v) is 3.07. The Labute approximate surface area is 111 Å². The first-order valence-corrected chi connectivity index (χ1v) is 7.46. The van der Waals surface area contributed by atoms with Gasteiger partial charge >= 0.3 is 0 Å². The van der Waals surface area contributed by atoms with Crippen LogP contribution in [0.5, 0.6) is 0 Å². The van der Waals surface area contributed by atoms with Crippen LogP contribution in [0.25, 0.3) is 0 Å². The van der Waals surface area contributed by atoms with E-state index in [1.807, 2.05) is 0 Å². The van der Waals surface area contributed by atoms with Crippen molar-refractivity contribution in [2.24, 2.45) is 5.41 Å². The second kappa shape index (κ2) is 5.89. The number of hydrogen-bond donors (Lipinski definition) is 1. The molecule has 1 N–H and O–H groups in total. The van der Waals surface area contributed by atoms with E-state index in [1.165, 1.54) is 25.7 Å². The molecule has 0 aromatic rings. The van der Waals surface area contributed by atoms with Crippen LogP contribution in [0.2, 0.25) is 0 Å². The first kappa shape index (κ1) is 14.3. The molecule has 1 aliphatic heterocycles. The molecular weight excluding hydrogens is 228 g/mol. The number of aliphatic hydroxyl groups excluding tert-OH is 1. The number of unbranched alkanes of at least 4 members (excludes halogenated alkanes) is 1. The van der Waals surface area contributed by atoms with Crippen LogP contribution in [0.15, 0.2) is 0 Å². The van der Waals surface area contributed by atoms with E-state index in [0.717, 1.165) is 25.7 Å². The predicted octanol–water partition coefficient (Wildman–Crippen LogP) is 3.25. The highest BCUT2D eigenvalue weighted by atomic mass is 16.7. The fraction of sp³-hybridized carbons (Fsp3) is 1.00. The lowest BCUT2D eigenvalue weighted by Gasteiger charge is -2.40. The van der Waals surface area contributed by atoms with Crippen LogP contribution in [0.1, 0.15) is 65.2 Å². The summed E-state index contributed by atoms with van der Waals surface area (Å²) >= 11 is 0. The van der Waals surface area contributed by atoms with Crippen molar-refractivity contribution in [3.05, 3.63) is 0 Å². The van der Waals surface area contributed by atoms with Gasteiger partial charge in [-0.1, -0.05) is 13.8 Å². The number of ether oxygens (including phenoxy) is 2. The van der Waals surface area contributed by atoms with Crippen molar-refractivity contribution >= 4 is 0 Å². The molecule has 0 amide bonds. The summed E-state index contributed by atoms with van der Waals surface area (Å²) in [7, 11) is 0. The molecule has 0 aromatic heterocycles. The molecule has 1 saturated heterocycles. The Morgan fingerprint density at radius 2 is 1.83 bits per heavy atom. The summed E-state index contributed by atoms with van der Waals surface area (Å²) in [4.78, 5) is 0. The second-order valence-electron chi connectivity index (χ2n) is 6.73. The zero-order chi connectivity index (χ0) is 13.1. The Balaban J connectivity index is 1.71. The lowest BCUT2D eigenvalue weighted by molar-refractivity contribution is -0.183. The third-order valence-electron chi connectivity index (χ3n) is 4.59. The molecule has 0 radical (unpaired) electrons. The molecule has 1 saturated carbocycles. The van der Waals surface area contributed by atoms with E-state index in [2.05, 4.69) is 13.8 Å². The fourth-order valence-electron chi connectivity index (χ4n) is 3.07. The standard InChI is InChI=1S/C15H28O3/c1-14(2)7-9-15(10-8-14)6-5-13(18-15)17-12-4-3-11-16/h13,16H,3-12H2,1-2H3. The SMILES string of the molecule is CC1(C)CCC2(CCC(OCCCCO)O2)CC1. The number of rotatable bonds is 5. The Kier molecular flexibility index (Phi) is 4.68. The summed E-state index contributed by atoms with van der Waals surface area (Å²) in [6.07, 6.45) is 8.88. The van der Waals surface area contributed by atoms with Gasteiger partial charge in [-0.2, -0.15) is 0 Å². The van der Waals surface area contributed by atoms with E-state index in [9.17, 15) is 0 Å². The zero-order valence-electron chi connectivity index (χ0n) is 11.9. The first-order chi connectivity index (χ1) is 8.55. The molecule has 2 rings (SSSR count). The minimum absolute atomic E-state index is 0.00454. The minimum atomic E-state index is 0.00454. The van der Waals surface area contributed by atoms with E-state index in [0.29, 0.717) is 12.0 Å². The largest absolute Gasteiger partial charge is 0.396 e. The highest BCUT2D eigenvalue weighted by molar-refractivity contribution is 4.93. The normalized spacial score (nSPS) is 29.8. The van der Waals surface area contributed by atoms with E-state index >= 15 is 0 Å². The molecule has 1 spiro atoms. The van der Waals surface area contributed by atoms with Crippen molar-refractivity contribution in [2.45, 2.75) is 77.1 Å². The maximum atomic E-state index is 8.72. The first-order valence-electron chi connectivity index (χ1n) is 7.46. The average Bonchev–Trinajstić information content (AvgIpc) is 2.74. The monoisotopic (exact) mass is 256 g/mol. The molecule has 3 nitrogen and oxygen atoms in total. The summed E-state index contributed by atoms with van der Waals surface area (Å²) in [5, 5.41) is 8.72. The van der Waals surface area contributed by atoms with Crippen molar-refractivity contribution < 1.29 is 14.6 Å². The molecule has 2 fully saturated rings. The second-order valence-corrected chi connectivity index (χ2v) is 6.73. The molecule has 2 aliphatic rings. The van der Waals surface area contributed by atoms with Gasteiger partial charge < -0.3 is 14.6 Å². The highest BCUT2D eigenvalue weighted by Crippen LogP contribution is 2.47. The van der Waals surface area contributed by atoms with Crippen LogP contribution in [0.4, 0.5) is 0 Å². The van der Waals surface area contributed by atoms with Gasteiger partial charge in [-0.25, -0.2) is 0 Å². The lowest BCUT2D eigenvalue weighted by Crippen LogP contribution is -2.37. The van der Waals surface area contributed by atoms with Gasteiger partial charge in [0.2, 0.25) is 0 Å². The minimum Gasteiger partial charge on any atom is -0.396 e. The van der Waals surface area contributed by atoms with Crippen LogP contribution < -0.4 is 0 Å². The maximum absolute atomic E-state index is 8.72.